The van der Waals surface area contributed by atoms with Crippen molar-refractivity contribution in [3.63, 3.8) is 0 Å². The van der Waals surface area contributed by atoms with Crippen LogP contribution in [0.5, 0.6) is 11.5 Å². The summed E-state index contributed by atoms with van der Waals surface area (Å²) in [6.45, 7) is 1.80. The lowest BCUT2D eigenvalue weighted by atomic mass is 10.1. The van der Waals surface area contributed by atoms with Crippen LogP contribution >= 0.6 is 11.3 Å². The van der Waals surface area contributed by atoms with Crippen LogP contribution in [0.15, 0.2) is 46.6 Å². The molecule has 1 atom stereocenters. The molecule has 0 saturated heterocycles. The van der Waals surface area contributed by atoms with Gasteiger partial charge < -0.3 is 20.1 Å². The van der Waals surface area contributed by atoms with Crippen molar-refractivity contribution in [2.75, 3.05) is 7.11 Å². The SMILES string of the molecule is C.COc1ccc([C@@H](C)NC(=O)c2nc(-c3cccs3)[nH]c(=O)c2O)cc1. The van der Waals surface area contributed by atoms with Gasteiger partial charge in [-0.05, 0) is 36.1 Å². The molecule has 0 fully saturated rings. The largest absolute Gasteiger partial charge is 0.501 e. The first-order chi connectivity index (χ1) is 12.5. The van der Waals surface area contributed by atoms with E-state index in [2.05, 4.69) is 15.3 Å². The lowest BCUT2D eigenvalue weighted by Crippen LogP contribution is -2.29. The molecule has 27 heavy (non-hydrogen) atoms. The highest BCUT2D eigenvalue weighted by molar-refractivity contribution is 7.13. The van der Waals surface area contributed by atoms with Gasteiger partial charge in [0.2, 0.25) is 5.75 Å². The van der Waals surface area contributed by atoms with E-state index in [0.29, 0.717) is 10.6 Å². The maximum atomic E-state index is 12.5. The predicted octanol–water partition coefficient (Wildman–Crippen LogP) is 3.34. The van der Waals surface area contributed by atoms with Crippen LogP contribution in [0, 0.1) is 0 Å². The highest BCUT2D eigenvalue weighted by atomic mass is 32.1. The number of aromatic amines is 1. The Hall–Kier alpha value is -3.13. The molecule has 0 saturated carbocycles. The van der Waals surface area contributed by atoms with Crippen LogP contribution in [0.25, 0.3) is 10.7 Å². The van der Waals surface area contributed by atoms with Crippen LogP contribution in [0.4, 0.5) is 0 Å². The van der Waals surface area contributed by atoms with Crippen LogP contribution in [0.2, 0.25) is 0 Å². The predicted molar refractivity (Wildman–Crippen MR) is 105 cm³/mol. The summed E-state index contributed by atoms with van der Waals surface area (Å²) >= 11 is 1.37. The monoisotopic (exact) mass is 387 g/mol. The van der Waals surface area contributed by atoms with Crippen molar-refractivity contribution in [2.45, 2.75) is 20.4 Å². The van der Waals surface area contributed by atoms with Crippen LogP contribution < -0.4 is 15.6 Å². The Morgan fingerprint density at radius 1 is 1.30 bits per heavy atom. The molecular formula is C19H21N3O4S. The summed E-state index contributed by atoms with van der Waals surface area (Å²) in [5, 5.41) is 14.5. The van der Waals surface area contributed by atoms with E-state index in [1.54, 1.807) is 38.3 Å². The van der Waals surface area contributed by atoms with Crippen molar-refractivity contribution < 1.29 is 14.6 Å². The van der Waals surface area contributed by atoms with E-state index in [0.717, 1.165) is 5.56 Å². The number of carbonyl (C=O) groups excluding carboxylic acids is 1. The molecule has 0 spiro atoms. The second-order valence-electron chi connectivity index (χ2n) is 5.56. The quantitative estimate of drug-likeness (QED) is 0.623. The number of hydrogen-bond acceptors (Lipinski definition) is 6. The molecule has 0 bridgehead atoms. The average molecular weight is 387 g/mol. The zero-order valence-electron chi connectivity index (χ0n) is 14.1. The van der Waals surface area contributed by atoms with Gasteiger partial charge in [0.15, 0.2) is 11.5 Å². The summed E-state index contributed by atoms with van der Waals surface area (Å²) in [6.07, 6.45) is 0. The molecule has 1 aromatic carbocycles. The Morgan fingerprint density at radius 2 is 2.00 bits per heavy atom. The molecule has 0 aliphatic heterocycles. The molecule has 142 valence electrons. The second kappa shape index (κ2) is 8.50. The highest BCUT2D eigenvalue weighted by Gasteiger charge is 2.20. The number of nitrogens with one attached hydrogen (secondary N) is 2. The molecule has 2 aromatic heterocycles. The van der Waals surface area contributed by atoms with E-state index in [9.17, 15) is 14.7 Å². The topological polar surface area (TPSA) is 104 Å². The molecular weight excluding hydrogens is 366 g/mol. The van der Waals surface area contributed by atoms with E-state index in [4.69, 9.17) is 4.74 Å². The van der Waals surface area contributed by atoms with Crippen molar-refractivity contribution in [3.8, 4) is 22.2 Å². The molecule has 7 nitrogen and oxygen atoms in total. The standard InChI is InChI=1S/C18H17N3O4S.CH4/c1-10(11-5-7-12(25-2)8-6-11)19-17(23)14-15(22)18(24)21-16(20-14)13-4-3-9-26-13;/h3-10,22H,1-2H3,(H,19,23)(H,20,21,24);1H4/t10-;/m1./s1. The Morgan fingerprint density at radius 3 is 2.59 bits per heavy atom. The van der Waals surface area contributed by atoms with Gasteiger partial charge in [0.25, 0.3) is 11.5 Å². The molecule has 0 aliphatic rings. The fourth-order valence-electron chi connectivity index (χ4n) is 2.40. The van der Waals surface area contributed by atoms with Gasteiger partial charge in [-0.25, -0.2) is 4.98 Å². The summed E-state index contributed by atoms with van der Waals surface area (Å²) in [5.74, 6) is -0.383. The van der Waals surface area contributed by atoms with Gasteiger partial charge in [0.05, 0.1) is 18.0 Å². The van der Waals surface area contributed by atoms with Gasteiger partial charge in [-0.2, -0.15) is 0 Å². The Kier molecular flexibility index (Phi) is 6.36. The molecule has 2 heterocycles. The van der Waals surface area contributed by atoms with E-state index < -0.39 is 17.2 Å². The zero-order chi connectivity index (χ0) is 18.7. The number of ether oxygens (including phenoxy) is 1. The van der Waals surface area contributed by atoms with E-state index in [1.165, 1.54) is 11.3 Å². The highest BCUT2D eigenvalue weighted by Crippen LogP contribution is 2.22. The molecule has 8 heteroatoms. The average Bonchev–Trinajstić information content (AvgIpc) is 3.18. The van der Waals surface area contributed by atoms with E-state index in [-0.39, 0.29) is 25.0 Å². The summed E-state index contributed by atoms with van der Waals surface area (Å²) in [6, 6.07) is 10.4. The zero-order valence-corrected chi connectivity index (χ0v) is 15.0. The number of hydrogen-bond donors (Lipinski definition) is 3. The second-order valence-corrected chi connectivity index (χ2v) is 6.51. The number of aromatic nitrogens is 2. The number of thiophene rings is 1. The minimum Gasteiger partial charge on any atom is -0.501 e. The van der Waals surface area contributed by atoms with Crippen molar-refractivity contribution in [2.24, 2.45) is 0 Å². The third-order valence-electron chi connectivity index (χ3n) is 3.83. The maximum Gasteiger partial charge on any atom is 0.294 e. The van der Waals surface area contributed by atoms with Crippen LogP contribution in [0.3, 0.4) is 0 Å². The fourth-order valence-corrected chi connectivity index (χ4v) is 3.07. The van der Waals surface area contributed by atoms with Crippen molar-refractivity contribution >= 4 is 17.2 Å². The lowest BCUT2D eigenvalue weighted by molar-refractivity contribution is 0.0931. The number of aromatic hydroxyl groups is 1. The third kappa shape index (κ3) is 4.35. The number of nitrogens with zero attached hydrogens (tertiary/aromatic N) is 1. The van der Waals surface area contributed by atoms with Crippen molar-refractivity contribution in [1.29, 1.82) is 0 Å². The number of benzene rings is 1. The molecule has 3 aromatic rings. The van der Waals surface area contributed by atoms with Crippen LogP contribution in [-0.4, -0.2) is 28.1 Å². The molecule has 3 N–H and O–H groups in total. The van der Waals surface area contributed by atoms with Gasteiger partial charge in [-0.3, -0.25) is 9.59 Å². The van der Waals surface area contributed by atoms with Gasteiger partial charge in [0, 0.05) is 0 Å². The first-order valence-electron chi connectivity index (χ1n) is 7.81. The van der Waals surface area contributed by atoms with Gasteiger partial charge in [0.1, 0.15) is 5.75 Å². The number of rotatable bonds is 5. The normalized spacial score (nSPS) is 11.3. The van der Waals surface area contributed by atoms with Gasteiger partial charge >= 0.3 is 0 Å². The first-order valence-corrected chi connectivity index (χ1v) is 8.69. The number of carbonyl (C=O) groups is 1. The Labute approximate surface area is 160 Å². The summed E-state index contributed by atoms with van der Waals surface area (Å²) in [4.78, 5) is 31.8. The molecule has 0 unspecified atom stereocenters. The Bertz CT molecular complexity index is 966. The minimum absolute atomic E-state index is 0. The van der Waals surface area contributed by atoms with Crippen LogP contribution in [-0.2, 0) is 0 Å². The van der Waals surface area contributed by atoms with E-state index in [1.807, 2.05) is 17.5 Å². The third-order valence-corrected chi connectivity index (χ3v) is 4.70. The smallest absolute Gasteiger partial charge is 0.294 e. The lowest BCUT2D eigenvalue weighted by Gasteiger charge is -2.15. The van der Waals surface area contributed by atoms with Gasteiger partial charge in [-0.15, -0.1) is 11.3 Å². The molecule has 1 amide bonds. The fraction of sp³-hybridized carbons (Fsp3) is 0.211. The van der Waals surface area contributed by atoms with E-state index >= 15 is 0 Å². The van der Waals surface area contributed by atoms with Gasteiger partial charge in [-0.1, -0.05) is 25.6 Å². The summed E-state index contributed by atoms with van der Waals surface area (Å²) < 4.78 is 5.11. The summed E-state index contributed by atoms with van der Waals surface area (Å²) in [7, 11) is 1.58. The first kappa shape index (κ1) is 20.2. The number of amides is 1. The van der Waals surface area contributed by atoms with Crippen molar-refractivity contribution in [3.05, 3.63) is 63.4 Å². The minimum atomic E-state index is -0.759. The summed E-state index contributed by atoms with van der Waals surface area (Å²) in [5.41, 5.74) is -0.217. The van der Waals surface area contributed by atoms with Crippen LogP contribution in [0.1, 0.15) is 36.4 Å². The molecule has 0 radical (unpaired) electrons. The Balaban J connectivity index is 0.00000261. The molecule has 0 aliphatic carbocycles. The number of H-pyrrole nitrogens is 1. The number of methoxy groups -OCH3 is 1. The van der Waals surface area contributed by atoms with Crippen molar-refractivity contribution in [1.82, 2.24) is 15.3 Å². The maximum absolute atomic E-state index is 12.5. The molecule has 3 rings (SSSR count).